The lowest BCUT2D eigenvalue weighted by Crippen LogP contribution is -2.50. The van der Waals surface area contributed by atoms with Crippen LogP contribution in [0, 0.1) is 31.0 Å². The van der Waals surface area contributed by atoms with Crippen molar-refractivity contribution in [2.75, 3.05) is 31.1 Å². The first kappa shape index (κ1) is 23.4. The number of hydrogen-bond acceptors (Lipinski definition) is 5. The molecule has 3 aromatic rings. The average molecular weight is 510 g/mol. The number of fused-ring (bicyclic) bond motifs is 1. The van der Waals surface area contributed by atoms with Crippen LogP contribution in [0.1, 0.15) is 43.4 Å². The standard InChI is InChI=1S/C27H29ClFN5O2/c1-16-17(2)30-24-23(19-6-5-18(28)13-21(19)29)31-22(15-34(24)25(16)35)32-9-11-33(12-10-32)26(36)20-14-27(20)7-3-4-8-27/h5-6,13,15,20H,3-4,7-12,14H2,1-2H3. The third-order valence-electron chi connectivity index (χ3n) is 8.46. The van der Waals surface area contributed by atoms with Crippen molar-refractivity contribution in [2.24, 2.45) is 11.3 Å². The van der Waals surface area contributed by atoms with Crippen LogP contribution >= 0.6 is 11.6 Å². The maximum absolute atomic E-state index is 15.0. The molecule has 1 aliphatic heterocycles. The second-order valence-electron chi connectivity index (χ2n) is 10.5. The lowest BCUT2D eigenvalue weighted by molar-refractivity contribution is -0.133. The van der Waals surface area contributed by atoms with E-state index in [0.29, 0.717) is 60.5 Å². The second-order valence-corrected chi connectivity index (χ2v) is 11.0. The van der Waals surface area contributed by atoms with E-state index in [1.54, 1.807) is 32.2 Å². The van der Waals surface area contributed by atoms with Gasteiger partial charge in [0, 0.05) is 53.9 Å². The molecule has 2 saturated carbocycles. The van der Waals surface area contributed by atoms with Gasteiger partial charge in [-0.25, -0.2) is 14.4 Å². The number of hydrogen-bond donors (Lipinski definition) is 0. The summed E-state index contributed by atoms with van der Waals surface area (Å²) in [5, 5.41) is 0.282. The van der Waals surface area contributed by atoms with Crippen LogP contribution in [0.15, 0.2) is 29.2 Å². The summed E-state index contributed by atoms with van der Waals surface area (Å²) in [5.41, 5.74) is 2.03. The second kappa shape index (κ2) is 8.54. The largest absolute Gasteiger partial charge is 0.352 e. The van der Waals surface area contributed by atoms with Crippen molar-refractivity contribution in [2.45, 2.75) is 46.0 Å². The molecule has 7 nitrogen and oxygen atoms in total. The predicted molar refractivity (Wildman–Crippen MR) is 137 cm³/mol. The van der Waals surface area contributed by atoms with Gasteiger partial charge in [0.1, 0.15) is 17.3 Å². The minimum Gasteiger partial charge on any atom is -0.352 e. The summed E-state index contributed by atoms with van der Waals surface area (Å²) in [5.74, 6) is 0.520. The van der Waals surface area contributed by atoms with E-state index >= 15 is 0 Å². The van der Waals surface area contributed by atoms with Gasteiger partial charge in [-0.3, -0.25) is 14.0 Å². The molecule has 1 spiro atoms. The number of nitrogens with zero attached hydrogens (tertiary/aromatic N) is 5. The fourth-order valence-corrected chi connectivity index (χ4v) is 6.20. The van der Waals surface area contributed by atoms with E-state index in [9.17, 15) is 14.0 Å². The number of rotatable bonds is 3. The van der Waals surface area contributed by atoms with Gasteiger partial charge in [-0.05, 0) is 56.7 Å². The smallest absolute Gasteiger partial charge is 0.261 e. The minimum atomic E-state index is -0.526. The molecule has 6 rings (SSSR count). The van der Waals surface area contributed by atoms with Gasteiger partial charge in [-0.2, -0.15) is 0 Å². The number of benzene rings is 1. The molecule has 3 aliphatic rings. The van der Waals surface area contributed by atoms with Gasteiger partial charge in [0.2, 0.25) is 5.91 Å². The zero-order valence-electron chi connectivity index (χ0n) is 20.6. The molecule has 1 aromatic carbocycles. The van der Waals surface area contributed by atoms with Crippen LogP contribution in [0.3, 0.4) is 0 Å². The monoisotopic (exact) mass is 509 g/mol. The first-order chi connectivity index (χ1) is 17.3. The Bertz CT molecular complexity index is 1440. The van der Waals surface area contributed by atoms with Gasteiger partial charge in [0.05, 0.1) is 6.20 Å². The molecular weight excluding hydrogens is 481 g/mol. The van der Waals surface area contributed by atoms with Gasteiger partial charge < -0.3 is 9.80 Å². The number of halogens is 2. The molecule has 0 radical (unpaired) electrons. The summed E-state index contributed by atoms with van der Waals surface area (Å²) in [6, 6.07) is 4.40. The van der Waals surface area contributed by atoms with E-state index in [1.165, 1.54) is 36.2 Å². The van der Waals surface area contributed by atoms with Crippen LogP contribution in [-0.2, 0) is 4.79 Å². The van der Waals surface area contributed by atoms with Crippen molar-refractivity contribution in [3.05, 3.63) is 56.8 Å². The van der Waals surface area contributed by atoms with Crippen molar-refractivity contribution in [3.63, 3.8) is 0 Å². The van der Waals surface area contributed by atoms with Gasteiger partial charge >= 0.3 is 0 Å². The lowest BCUT2D eigenvalue weighted by atomic mass is 10.0. The highest BCUT2D eigenvalue weighted by Gasteiger charge is 2.59. The summed E-state index contributed by atoms with van der Waals surface area (Å²) >= 11 is 5.98. The van der Waals surface area contributed by atoms with Gasteiger partial charge in [-0.15, -0.1) is 0 Å². The molecule has 1 unspecified atom stereocenters. The Hall–Kier alpha value is -3.00. The summed E-state index contributed by atoms with van der Waals surface area (Å²) < 4.78 is 16.4. The molecule has 3 fully saturated rings. The molecule has 2 aliphatic carbocycles. The Morgan fingerprint density at radius 2 is 1.83 bits per heavy atom. The highest BCUT2D eigenvalue weighted by molar-refractivity contribution is 6.30. The maximum atomic E-state index is 15.0. The van der Waals surface area contributed by atoms with Crippen LogP contribution in [0.4, 0.5) is 10.2 Å². The van der Waals surface area contributed by atoms with Crippen molar-refractivity contribution in [1.29, 1.82) is 0 Å². The molecule has 1 saturated heterocycles. The summed E-state index contributed by atoms with van der Waals surface area (Å²) in [6.45, 7) is 5.91. The van der Waals surface area contributed by atoms with Crippen LogP contribution < -0.4 is 10.5 Å². The van der Waals surface area contributed by atoms with Crippen LogP contribution in [0.25, 0.3) is 16.9 Å². The first-order valence-electron chi connectivity index (χ1n) is 12.7. The number of amides is 1. The Balaban J connectivity index is 1.32. The predicted octanol–water partition coefficient (Wildman–Crippen LogP) is 4.39. The van der Waals surface area contributed by atoms with Gasteiger partial charge in [-0.1, -0.05) is 24.4 Å². The fourth-order valence-electron chi connectivity index (χ4n) is 6.04. The summed E-state index contributed by atoms with van der Waals surface area (Å²) in [6.07, 6.45) is 7.60. The first-order valence-corrected chi connectivity index (χ1v) is 13.0. The molecule has 3 heterocycles. The lowest BCUT2D eigenvalue weighted by Gasteiger charge is -2.36. The Morgan fingerprint density at radius 1 is 1.11 bits per heavy atom. The van der Waals surface area contributed by atoms with E-state index in [1.807, 2.05) is 4.90 Å². The molecule has 188 valence electrons. The van der Waals surface area contributed by atoms with Crippen molar-refractivity contribution in [1.82, 2.24) is 19.3 Å². The molecule has 36 heavy (non-hydrogen) atoms. The number of carbonyl (C=O) groups is 1. The third-order valence-corrected chi connectivity index (χ3v) is 8.69. The molecule has 0 N–H and O–H groups in total. The number of carbonyl (C=O) groups excluding carboxylic acids is 1. The van der Waals surface area contributed by atoms with Crippen molar-refractivity contribution >= 4 is 29.0 Å². The van der Waals surface area contributed by atoms with Crippen LogP contribution in [0.2, 0.25) is 5.02 Å². The number of piperazine rings is 1. The molecule has 2 aromatic heterocycles. The van der Waals surface area contributed by atoms with Crippen LogP contribution in [-0.4, -0.2) is 51.4 Å². The zero-order valence-corrected chi connectivity index (χ0v) is 21.3. The van der Waals surface area contributed by atoms with Gasteiger partial charge in [0.15, 0.2) is 5.65 Å². The maximum Gasteiger partial charge on any atom is 0.261 e. The SMILES string of the molecule is Cc1nc2c(-c3ccc(Cl)cc3F)nc(N3CCN(C(=O)C4CC45CCCC5)CC3)cn2c(=O)c1C. The third kappa shape index (κ3) is 3.77. The van der Waals surface area contributed by atoms with E-state index in [2.05, 4.69) is 9.88 Å². The van der Waals surface area contributed by atoms with E-state index < -0.39 is 5.82 Å². The van der Waals surface area contributed by atoms with E-state index in [-0.39, 0.29) is 27.5 Å². The number of anilines is 1. The molecular formula is C27H29ClFN5O2. The Labute approximate surface area is 213 Å². The molecule has 1 atom stereocenters. The van der Waals surface area contributed by atoms with Crippen molar-refractivity contribution < 1.29 is 9.18 Å². The zero-order chi connectivity index (χ0) is 25.2. The highest BCUT2D eigenvalue weighted by atomic mass is 35.5. The quantitative estimate of drug-likeness (QED) is 0.523. The highest BCUT2D eigenvalue weighted by Crippen LogP contribution is 2.63. The molecule has 1 amide bonds. The fraction of sp³-hybridized carbons (Fsp3) is 0.481. The minimum absolute atomic E-state index is 0.195. The van der Waals surface area contributed by atoms with E-state index in [4.69, 9.17) is 16.6 Å². The Morgan fingerprint density at radius 3 is 2.53 bits per heavy atom. The normalized spacial score (nSPS) is 20.9. The molecule has 0 bridgehead atoms. The summed E-state index contributed by atoms with van der Waals surface area (Å²) in [7, 11) is 0. The van der Waals surface area contributed by atoms with Crippen molar-refractivity contribution in [3.8, 4) is 11.3 Å². The van der Waals surface area contributed by atoms with Crippen LogP contribution in [0.5, 0.6) is 0 Å². The van der Waals surface area contributed by atoms with Gasteiger partial charge in [0.25, 0.3) is 5.56 Å². The topological polar surface area (TPSA) is 70.8 Å². The number of aromatic nitrogens is 3. The average Bonchev–Trinajstić information content (AvgIpc) is 3.37. The number of aryl methyl sites for hydroxylation is 1. The molecule has 9 heteroatoms. The summed E-state index contributed by atoms with van der Waals surface area (Å²) in [4.78, 5) is 39.7. The Kier molecular flexibility index (Phi) is 5.55. The van der Waals surface area contributed by atoms with E-state index in [0.717, 1.165) is 6.42 Å².